The largest absolute Gasteiger partial charge is 0.296 e. The van der Waals surface area contributed by atoms with E-state index in [0.29, 0.717) is 5.02 Å². The van der Waals surface area contributed by atoms with Crippen molar-refractivity contribution in [3.63, 3.8) is 0 Å². The first-order chi connectivity index (χ1) is 7.16. The second-order valence-electron chi connectivity index (χ2n) is 3.58. The standard InChI is InChI=1S/C12H10ClFO/c13-10-4-1-8(2-5-10)9-3-6-12(15)11(14)7-9/h1-5,11H,6-7H2. The van der Waals surface area contributed by atoms with Crippen LogP contribution in [0.4, 0.5) is 4.39 Å². The number of hydrogen-bond acceptors (Lipinski definition) is 1. The van der Waals surface area contributed by atoms with Crippen LogP contribution in [0.25, 0.3) is 5.57 Å². The van der Waals surface area contributed by atoms with Gasteiger partial charge in [0.25, 0.3) is 0 Å². The summed E-state index contributed by atoms with van der Waals surface area (Å²) in [6.45, 7) is 0. The number of Topliss-reactive ketones (excluding diaryl/α,β-unsaturated/α-hetero) is 1. The number of hydrogen-bond donors (Lipinski definition) is 0. The number of rotatable bonds is 1. The molecule has 0 aromatic heterocycles. The van der Waals surface area contributed by atoms with Gasteiger partial charge in [-0.1, -0.05) is 29.8 Å². The van der Waals surface area contributed by atoms with Crippen molar-refractivity contribution in [1.29, 1.82) is 0 Å². The molecule has 0 N–H and O–H groups in total. The normalized spacial score (nSPS) is 21.3. The van der Waals surface area contributed by atoms with Crippen LogP contribution < -0.4 is 0 Å². The van der Waals surface area contributed by atoms with Crippen LogP contribution in [0.2, 0.25) is 5.02 Å². The number of carbonyl (C=O) groups excluding carboxylic acids is 1. The minimum absolute atomic E-state index is 0.181. The predicted molar refractivity (Wildman–Crippen MR) is 58.6 cm³/mol. The van der Waals surface area contributed by atoms with Gasteiger partial charge in [-0.05, 0) is 23.3 Å². The highest BCUT2D eigenvalue weighted by atomic mass is 35.5. The van der Waals surface area contributed by atoms with Crippen molar-refractivity contribution < 1.29 is 9.18 Å². The van der Waals surface area contributed by atoms with E-state index in [1.54, 1.807) is 18.2 Å². The van der Waals surface area contributed by atoms with Crippen LogP contribution in [0.3, 0.4) is 0 Å². The quantitative estimate of drug-likeness (QED) is 0.714. The van der Waals surface area contributed by atoms with Gasteiger partial charge >= 0.3 is 0 Å². The first-order valence-electron chi connectivity index (χ1n) is 4.78. The molecule has 1 atom stereocenters. The van der Waals surface area contributed by atoms with E-state index in [4.69, 9.17) is 11.6 Å². The van der Waals surface area contributed by atoms with E-state index in [0.717, 1.165) is 11.1 Å². The molecule has 0 amide bonds. The summed E-state index contributed by atoms with van der Waals surface area (Å²) >= 11 is 5.75. The molecule has 2 rings (SSSR count). The number of alkyl halides is 1. The molecule has 0 bridgehead atoms. The van der Waals surface area contributed by atoms with Gasteiger partial charge in [0.1, 0.15) is 0 Å². The zero-order chi connectivity index (χ0) is 10.8. The third-order valence-electron chi connectivity index (χ3n) is 2.51. The lowest BCUT2D eigenvalue weighted by atomic mass is 9.92. The van der Waals surface area contributed by atoms with Gasteiger partial charge in [0.2, 0.25) is 0 Å². The number of allylic oxidation sites excluding steroid dienone is 2. The Morgan fingerprint density at radius 2 is 1.93 bits per heavy atom. The molecule has 78 valence electrons. The first-order valence-corrected chi connectivity index (χ1v) is 5.16. The summed E-state index contributed by atoms with van der Waals surface area (Å²) in [5.74, 6) is -0.326. The summed E-state index contributed by atoms with van der Waals surface area (Å²) in [6.07, 6.45) is 0.821. The lowest BCUT2D eigenvalue weighted by Crippen LogP contribution is -2.18. The van der Waals surface area contributed by atoms with E-state index in [1.165, 1.54) is 0 Å². The van der Waals surface area contributed by atoms with Crippen molar-refractivity contribution in [2.24, 2.45) is 0 Å². The Morgan fingerprint density at radius 1 is 1.27 bits per heavy atom. The monoisotopic (exact) mass is 224 g/mol. The van der Waals surface area contributed by atoms with Crippen LogP contribution in [-0.2, 0) is 4.79 Å². The van der Waals surface area contributed by atoms with Crippen LogP contribution in [0.5, 0.6) is 0 Å². The smallest absolute Gasteiger partial charge is 0.170 e. The van der Waals surface area contributed by atoms with E-state index >= 15 is 0 Å². The summed E-state index contributed by atoms with van der Waals surface area (Å²) in [7, 11) is 0. The summed E-state index contributed by atoms with van der Waals surface area (Å²) in [6, 6.07) is 7.22. The topological polar surface area (TPSA) is 17.1 Å². The molecule has 1 aromatic rings. The van der Waals surface area contributed by atoms with Crippen molar-refractivity contribution in [2.75, 3.05) is 0 Å². The molecule has 0 fully saturated rings. The Balaban J connectivity index is 2.25. The molecule has 1 aliphatic carbocycles. The summed E-state index contributed by atoms with van der Waals surface area (Å²) in [4.78, 5) is 11.0. The SMILES string of the molecule is O=C1CC=C(c2ccc(Cl)cc2)CC1F. The predicted octanol–water partition coefficient (Wildman–Crippen LogP) is 3.42. The fraction of sp³-hybridized carbons (Fsp3) is 0.250. The maximum absolute atomic E-state index is 13.2. The fourth-order valence-corrected chi connectivity index (χ4v) is 1.77. The highest BCUT2D eigenvalue weighted by molar-refractivity contribution is 6.30. The molecular weight excluding hydrogens is 215 g/mol. The molecule has 1 aliphatic rings. The van der Waals surface area contributed by atoms with E-state index in [9.17, 15) is 9.18 Å². The molecule has 1 unspecified atom stereocenters. The Hall–Kier alpha value is -1.15. The van der Waals surface area contributed by atoms with E-state index in [1.807, 2.05) is 12.1 Å². The number of ketones is 1. The second kappa shape index (κ2) is 4.15. The lowest BCUT2D eigenvalue weighted by Gasteiger charge is -2.15. The Labute approximate surface area is 92.6 Å². The number of carbonyl (C=O) groups is 1. The van der Waals surface area contributed by atoms with E-state index < -0.39 is 6.17 Å². The van der Waals surface area contributed by atoms with Gasteiger partial charge in [0.15, 0.2) is 12.0 Å². The van der Waals surface area contributed by atoms with E-state index in [2.05, 4.69) is 0 Å². The van der Waals surface area contributed by atoms with Gasteiger partial charge in [-0.15, -0.1) is 0 Å². The minimum atomic E-state index is -1.35. The molecule has 0 radical (unpaired) electrons. The van der Waals surface area contributed by atoms with Gasteiger partial charge in [0.05, 0.1) is 0 Å². The molecule has 1 nitrogen and oxygen atoms in total. The van der Waals surface area contributed by atoms with Crippen molar-refractivity contribution >= 4 is 23.0 Å². The summed E-state index contributed by atoms with van der Waals surface area (Å²) in [5.41, 5.74) is 1.83. The Bertz CT molecular complexity index is 408. The molecule has 0 aliphatic heterocycles. The molecule has 0 saturated heterocycles. The van der Waals surface area contributed by atoms with Crippen molar-refractivity contribution in [2.45, 2.75) is 19.0 Å². The Kier molecular flexibility index (Phi) is 2.87. The maximum Gasteiger partial charge on any atom is 0.170 e. The molecule has 0 spiro atoms. The molecule has 3 heteroatoms. The highest BCUT2D eigenvalue weighted by Gasteiger charge is 2.22. The van der Waals surface area contributed by atoms with Gasteiger partial charge < -0.3 is 0 Å². The van der Waals surface area contributed by atoms with Crippen LogP contribution in [-0.4, -0.2) is 12.0 Å². The van der Waals surface area contributed by atoms with Crippen LogP contribution >= 0.6 is 11.6 Å². The van der Waals surface area contributed by atoms with Gasteiger partial charge in [-0.25, -0.2) is 4.39 Å². The van der Waals surface area contributed by atoms with Gasteiger partial charge in [-0.2, -0.15) is 0 Å². The molecule has 15 heavy (non-hydrogen) atoms. The van der Waals surface area contributed by atoms with Crippen LogP contribution in [0.15, 0.2) is 30.3 Å². The molecule has 0 saturated carbocycles. The zero-order valence-electron chi connectivity index (χ0n) is 8.04. The summed E-state index contributed by atoms with van der Waals surface area (Å²) < 4.78 is 13.2. The van der Waals surface area contributed by atoms with Gasteiger partial charge in [-0.3, -0.25) is 4.79 Å². The first kappa shape index (κ1) is 10.4. The molecule has 0 heterocycles. The minimum Gasteiger partial charge on any atom is -0.296 e. The van der Waals surface area contributed by atoms with Crippen molar-refractivity contribution in [3.05, 3.63) is 40.9 Å². The van der Waals surface area contributed by atoms with Gasteiger partial charge in [0, 0.05) is 17.9 Å². The highest BCUT2D eigenvalue weighted by Crippen LogP contribution is 2.27. The lowest BCUT2D eigenvalue weighted by molar-refractivity contribution is -0.123. The molecular formula is C12H10ClFO. The Morgan fingerprint density at radius 3 is 2.53 bits per heavy atom. The molecule has 1 aromatic carbocycles. The third-order valence-corrected chi connectivity index (χ3v) is 2.77. The maximum atomic E-state index is 13.2. The zero-order valence-corrected chi connectivity index (χ0v) is 8.80. The average Bonchev–Trinajstić information content (AvgIpc) is 2.23. The van der Waals surface area contributed by atoms with Crippen LogP contribution in [0, 0.1) is 0 Å². The number of benzene rings is 1. The van der Waals surface area contributed by atoms with Crippen molar-refractivity contribution in [3.8, 4) is 0 Å². The van der Waals surface area contributed by atoms with Crippen LogP contribution in [0.1, 0.15) is 18.4 Å². The number of halogens is 2. The summed E-state index contributed by atoms with van der Waals surface area (Å²) in [5, 5.41) is 0.656. The average molecular weight is 225 g/mol. The fourth-order valence-electron chi connectivity index (χ4n) is 1.64. The van der Waals surface area contributed by atoms with E-state index in [-0.39, 0.29) is 18.6 Å². The van der Waals surface area contributed by atoms with Crippen molar-refractivity contribution in [1.82, 2.24) is 0 Å². The second-order valence-corrected chi connectivity index (χ2v) is 4.01. The third kappa shape index (κ3) is 2.26.